The molecule has 1 aliphatic heterocycles. The van der Waals surface area contributed by atoms with Crippen LogP contribution in [0.1, 0.15) is 18.2 Å². The molecule has 2 aromatic rings. The SMILES string of the molecule is Cc1nc(NC/C(C=NCc2ccc(OC(F)(F)F)nc2)=C/N)nc2c1NC(=O)[C@H]([C@@H](C)O)N2C. The van der Waals surface area contributed by atoms with E-state index in [-0.39, 0.29) is 24.9 Å². The molecule has 14 heteroatoms. The van der Waals surface area contributed by atoms with Crippen LogP contribution in [0.3, 0.4) is 0 Å². The number of hydrogen-bond donors (Lipinski definition) is 4. The number of aryl methyl sites for hydroxylation is 1. The fourth-order valence-corrected chi connectivity index (χ4v) is 3.37. The molecule has 0 aromatic carbocycles. The van der Waals surface area contributed by atoms with Crippen LogP contribution in [-0.2, 0) is 11.3 Å². The summed E-state index contributed by atoms with van der Waals surface area (Å²) in [4.78, 5) is 30.5. The Balaban J connectivity index is 1.62. The van der Waals surface area contributed by atoms with Crippen LogP contribution in [0, 0.1) is 6.92 Å². The monoisotopic (exact) mass is 494 g/mol. The first kappa shape index (κ1) is 25.7. The van der Waals surface area contributed by atoms with E-state index >= 15 is 0 Å². The molecule has 0 spiro atoms. The van der Waals surface area contributed by atoms with Crippen molar-refractivity contribution < 1.29 is 27.8 Å². The van der Waals surface area contributed by atoms with Crippen LogP contribution in [-0.4, -0.2) is 64.3 Å². The van der Waals surface area contributed by atoms with Gasteiger partial charge in [-0.15, -0.1) is 13.2 Å². The van der Waals surface area contributed by atoms with Crippen LogP contribution >= 0.6 is 0 Å². The first-order valence-electron chi connectivity index (χ1n) is 10.4. The summed E-state index contributed by atoms with van der Waals surface area (Å²) in [6.45, 7) is 3.64. The highest BCUT2D eigenvalue weighted by Crippen LogP contribution is 2.33. The number of aliphatic hydroxyl groups excluding tert-OH is 1. The summed E-state index contributed by atoms with van der Waals surface area (Å²) in [5, 5.41) is 15.7. The number of hydrogen-bond acceptors (Lipinski definition) is 10. The van der Waals surface area contributed by atoms with E-state index in [1.54, 1.807) is 18.9 Å². The van der Waals surface area contributed by atoms with Gasteiger partial charge in [-0.3, -0.25) is 9.79 Å². The molecule has 0 unspecified atom stereocenters. The first-order chi connectivity index (χ1) is 16.5. The van der Waals surface area contributed by atoms with Crippen molar-refractivity contribution in [3.63, 3.8) is 0 Å². The second kappa shape index (κ2) is 10.5. The largest absolute Gasteiger partial charge is 0.574 e. The zero-order chi connectivity index (χ0) is 25.8. The molecular formula is C21H25F3N8O3. The molecule has 0 saturated heterocycles. The number of aromatic nitrogens is 3. The molecule has 35 heavy (non-hydrogen) atoms. The Hall–Kier alpha value is -3.94. The van der Waals surface area contributed by atoms with Gasteiger partial charge >= 0.3 is 6.36 Å². The average Bonchev–Trinajstić information content (AvgIpc) is 2.77. The molecule has 0 radical (unpaired) electrons. The van der Waals surface area contributed by atoms with E-state index in [2.05, 4.69) is 35.3 Å². The summed E-state index contributed by atoms with van der Waals surface area (Å²) in [6.07, 6.45) is -1.62. The molecule has 3 heterocycles. The van der Waals surface area contributed by atoms with Gasteiger partial charge in [0.1, 0.15) is 11.7 Å². The number of amides is 1. The van der Waals surface area contributed by atoms with Crippen molar-refractivity contribution in [1.82, 2.24) is 15.0 Å². The van der Waals surface area contributed by atoms with E-state index < -0.39 is 24.4 Å². The summed E-state index contributed by atoms with van der Waals surface area (Å²) >= 11 is 0. The zero-order valence-corrected chi connectivity index (χ0v) is 19.2. The lowest BCUT2D eigenvalue weighted by molar-refractivity contribution is -0.276. The molecule has 5 N–H and O–H groups in total. The molecule has 0 aliphatic carbocycles. The molecule has 3 rings (SSSR count). The number of nitrogens with one attached hydrogen (secondary N) is 2. The van der Waals surface area contributed by atoms with Gasteiger partial charge in [-0.2, -0.15) is 4.98 Å². The van der Waals surface area contributed by atoms with Crippen molar-refractivity contribution >= 4 is 29.6 Å². The molecule has 188 valence electrons. The number of anilines is 3. The van der Waals surface area contributed by atoms with Gasteiger partial charge in [-0.1, -0.05) is 6.07 Å². The number of halogens is 3. The summed E-state index contributed by atoms with van der Waals surface area (Å²) in [5.74, 6) is -0.152. The maximum atomic E-state index is 12.3. The molecule has 11 nitrogen and oxygen atoms in total. The smallest absolute Gasteiger partial charge is 0.404 e. The molecule has 2 aromatic heterocycles. The summed E-state index contributed by atoms with van der Waals surface area (Å²) in [7, 11) is 1.67. The number of aliphatic hydroxyl groups is 1. The topological polar surface area (TPSA) is 151 Å². The van der Waals surface area contributed by atoms with Crippen LogP contribution < -0.4 is 26.0 Å². The van der Waals surface area contributed by atoms with Crippen LogP contribution in [0.25, 0.3) is 0 Å². The lowest BCUT2D eigenvalue weighted by Crippen LogP contribution is -2.52. The van der Waals surface area contributed by atoms with Crippen molar-refractivity contribution in [2.24, 2.45) is 10.7 Å². The second-order valence-electron chi connectivity index (χ2n) is 7.73. The van der Waals surface area contributed by atoms with E-state index in [9.17, 15) is 23.1 Å². The Labute approximate surface area is 198 Å². The highest BCUT2D eigenvalue weighted by atomic mass is 19.4. The Kier molecular flexibility index (Phi) is 7.74. The van der Waals surface area contributed by atoms with E-state index in [0.29, 0.717) is 28.3 Å². The molecule has 0 fully saturated rings. The Bertz CT molecular complexity index is 1120. The van der Waals surface area contributed by atoms with Crippen molar-refractivity contribution in [2.75, 3.05) is 29.1 Å². The van der Waals surface area contributed by atoms with Gasteiger partial charge in [-0.05, 0) is 19.4 Å². The highest BCUT2D eigenvalue weighted by Gasteiger charge is 2.36. The van der Waals surface area contributed by atoms with E-state index in [1.165, 1.54) is 31.6 Å². The van der Waals surface area contributed by atoms with E-state index in [1.807, 2.05) is 0 Å². The van der Waals surface area contributed by atoms with Crippen molar-refractivity contribution in [1.29, 1.82) is 0 Å². The Morgan fingerprint density at radius 1 is 1.43 bits per heavy atom. The summed E-state index contributed by atoms with van der Waals surface area (Å²) in [5.41, 5.74) is 7.85. The molecule has 0 bridgehead atoms. The summed E-state index contributed by atoms with van der Waals surface area (Å²) < 4.78 is 40.4. The summed E-state index contributed by atoms with van der Waals surface area (Å²) in [6, 6.07) is 1.74. The maximum Gasteiger partial charge on any atom is 0.574 e. The second-order valence-corrected chi connectivity index (χ2v) is 7.73. The van der Waals surface area contributed by atoms with Gasteiger partial charge in [0, 0.05) is 43.8 Å². The third-order valence-corrected chi connectivity index (χ3v) is 5.01. The lowest BCUT2D eigenvalue weighted by atomic mass is 10.1. The molecule has 2 atom stereocenters. The number of likely N-dealkylation sites (N-methyl/N-ethyl adjacent to an activating group) is 1. The van der Waals surface area contributed by atoms with Crippen molar-refractivity contribution in [3.05, 3.63) is 41.4 Å². The third-order valence-electron chi connectivity index (χ3n) is 5.01. The van der Waals surface area contributed by atoms with Crippen LogP contribution in [0.15, 0.2) is 35.1 Å². The number of nitrogens with two attached hydrogens (primary N) is 1. The van der Waals surface area contributed by atoms with E-state index in [0.717, 1.165) is 6.07 Å². The highest BCUT2D eigenvalue weighted by molar-refractivity contribution is 6.03. The lowest BCUT2D eigenvalue weighted by Gasteiger charge is -2.36. The predicted molar refractivity (Wildman–Crippen MR) is 123 cm³/mol. The minimum atomic E-state index is -4.80. The van der Waals surface area contributed by atoms with Gasteiger partial charge in [-0.25, -0.2) is 9.97 Å². The van der Waals surface area contributed by atoms with Gasteiger partial charge < -0.3 is 31.1 Å². The van der Waals surface area contributed by atoms with Gasteiger partial charge in [0.25, 0.3) is 0 Å². The Morgan fingerprint density at radius 2 is 2.17 bits per heavy atom. The van der Waals surface area contributed by atoms with Crippen molar-refractivity contribution in [2.45, 2.75) is 38.9 Å². The minimum absolute atomic E-state index is 0.163. The fourth-order valence-electron chi connectivity index (χ4n) is 3.37. The number of fused-ring (bicyclic) bond motifs is 1. The molecule has 1 amide bonds. The minimum Gasteiger partial charge on any atom is -0.404 e. The molecule has 1 aliphatic rings. The number of alkyl halides is 3. The van der Waals surface area contributed by atoms with Crippen LogP contribution in [0.2, 0.25) is 0 Å². The molecular weight excluding hydrogens is 469 g/mol. The van der Waals surface area contributed by atoms with Crippen LogP contribution in [0.4, 0.5) is 30.6 Å². The van der Waals surface area contributed by atoms with Gasteiger partial charge in [0.05, 0.1) is 18.3 Å². The number of pyridine rings is 1. The first-order valence-corrected chi connectivity index (χ1v) is 10.4. The number of carbonyl (C=O) groups excluding carboxylic acids is 1. The number of rotatable bonds is 8. The third kappa shape index (κ3) is 6.56. The number of aliphatic imine (C=N–C) groups is 1. The normalized spacial score (nSPS) is 17.2. The number of ether oxygens (including phenoxy) is 1. The van der Waals surface area contributed by atoms with Crippen molar-refractivity contribution in [3.8, 4) is 5.88 Å². The maximum absolute atomic E-state index is 12.3. The van der Waals surface area contributed by atoms with E-state index in [4.69, 9.17) is 5.73 Å². The molecule has 0 saturated carbocycles. The average molecular weight is 494 g/mol. The van der Waals surface area contributed by atoms with Crippen LogP contribution in [0.5, 0.6) is 5.88 Å². The predicted octanol–water partition coefficient (Wildman–Crippen LogP) is 1.74. The van der Waals surface area contributed by atoms with Gasteiger partial charge in [0.15, 0.2) is 5.82 Å². The number of nitrogens with zero attached hydrogens (tertiary/aromatic N) is 5. The fraction of sp³-hybridized carbons (Fsp3) is 0.381. The Morgan fingerprint density at radius 3 is 2.77 bits per heavy atom. The quantitative estimate of drug-likeness (QED) is 0.402. The zero-order valence-electron chi connectivity index (χ0n) is 19.2. The number of carbonyl (C=O) groups is 1. The van der Waals surface area contributed by atoms with Gasteiger partial charge in [0.2, 0.25) is 17.7 Å². The standard InChI is InChI=1S/C21H25F3N8O3/c1-11-16-18(32(3)17(12(2)33)19(34)30-16)31-20(29-11)28-10-14(6-25)8-26-7-13-4-5-15(27-9-13)35-21(22,23)24/h4-6,8-9,12,17,33H,7,10,25H2,1-3H3,(H,30,34)(H,28,29,31)/b14-6+,26-8?/t12-,17+/m1/s1.